The molecule has 126 valence electrons. The smallest absolute Gasteiger partial charge is 0.245 e. The number of allylic oxidation sites excluding steroid dienone is 2. The fraction of sp³-hybridized carbons (Fsp3) is 0.765. The average molecular weight is 311 g/mol. The van der Waals surface area contributed by atoms with Gasteiger partial charge in [0.2, 0.25) is 5.91 Å². The van der Waals surface area contributed by atoms with Gasteiger partial charge in [-0.25, -0.2) is 4.99 Å². The Morgan fingerprint density at radius 1 is 1.32 bits per heavy atom. The van der Waals surface area contributed by atoms with Crippen molar-refractivity contribution in [2.75, 3.05) is 0 Å². The van der Waals surface area contributed by atoms with Crippen molar-refractivity contribution in [3.05, 3.63) is 12.2 Å². The van der Waals surface area contributed by atoms with Crippen LogP contribution in [0.25, 0.3) is 0 Å². The minimum Gasteiger partial charge on any atom is -0.393 e. The van der Waals surface area contributed by atoms with E-state index in [2.05, 4.69) is 11.7 Å². The lowest BCUT2D eigenvalue weighted by Gasteiger charge is -2.23. The van der Waals surface area contributed by atoms with Gasteiger partial charge in [-0.2, -0.15) is 0 Å². The van der Waals surface area contributed by atoms with Gasteiger partial charge in [0.05, 0.1) is 18.3 Å². The molecule has 1 rings (SSSR count). The third kappa shape index (κ3) is 6.38. The van der Waals surface area contributed by atoms with Crippen LogP contribution < -0.4 is 0 Å². The minimum atomic E-state index is -0.483. The molecule has 5 nitrogen and oxygen atoms in total. The average Bonchev–Trinajstić information content (AvgIpc) is 2.73. The summed E-state index contributed by atoms with van der Waals surface area (Å²) in [7, 11) is 0. The first-order valence-corrected chi connectivity index (χ1v) is 8.14. The molecule has 0 aromatic carbocycles. The Morgan fingerprint density at radius 3 is 2.64 bits per heavy atom. The van der Waals surface area contributed by atoms with Crippen molar-refractivity contribution in [3.8, 4) is 0 Å². The Morgan fingerprint density at radius 2 is 2.00 bits per heavy atom. The standard InChI is InChI=1S/C17H29NO4/c1-12(19)9-10-14-13(15(20)11-16(14)21)7-5-3-4-6-8-17(22)18-2/h3,5,12-16,19-21H,2,4,6-11H2,1H3/b5-3-/t12?,13-,14-,15?,16?/m1/s1. The van der Waals surface area contributed by atoms with Crippen LogP contribution >= 0.6 is 0 Å². The maximum absolute atomic E-state index is 11.0. The maximum Gasteiger partial charge on any atom is 0.245 e. The lowest BCUT2D eigenvalue weighted by Crippen LogP contribution is -2.23. The van der Waals surface area contributed by atoms with Crippen molar-refractivity contribution >= 4 is 12.6 Å². The Bertz CT molecular complexity index is 381. The Labute approximate surface area is 132 Å². The van der Waals surface area contributed by atoms with Gasteiger partial charge in [0.25, 0.3) is 0 Å². The molecule has 1 amide bonds. The third-order valence-corrected chi connectivity index (χ3v) is 4.45. The van der Waals surface area contributed by atoms with Gasteiger partial charge in [-0.1, -0.05) is 12.2 Å². The van der Waals surface area contributed by atoms with Crippen molar-refractivity contribution in [1.82, 2.24) is 0 Å². The van der Waals surface area contributed by atoms with Gasteiger partial charge in [0.1, 0.15) is 0 Å². The van der Waals surface area contributed by atoms with Crippen molar-refractivity contribution in [3.63, 3.8) is 0 Å². The zero-order valence-corrected chi connectivity index (χ0v) is 13.4. The molecule has 1 fully saturated rings. The second-order valence-electron chi connectivity index (χ2n) is 6.28. The Hall–Kier alpha value is -1.04. The second-order valence-corrected chi connectivity index (χ2v) is 6.28. The summed E-state index contributed by atoms with van der Waals surface area (Å²) in [5, 5.41) is 29.5. The van der Waals surface area contributed by atoms with Crippen molar-refractivity contribution in [1.29, 1.82) is 0 Å². The van der Waals surface area contributed by atoms with Crippen LogP contribution in [0.15, 0.2) is 17.1 Å². The predicted molar refractivity (Wildman–Crippen MR) is 86.7 cm³/mol. The van der Waals surface area contributed by atoms with Gasteiger partial charge >= 0.3 is 0 Å². The summed E-state index contributed by atoms with van der Waals surface area (Å²) in [4.78, 5) is 14.3. The van der Waals surface area contributed by atoms with E-state index in [1.165, 1.54) is 0 Å². The lowest BCUT2D eigenvalue weighted by atomic mass is 9.86. The molecule has 3 unspecified atom stereocenters. The number of aliphatic hydroxyl groups is 3. The molecule has 3 N–H and O–H groups in total. The molecule has 0 aromatic rings. The van der Waals surface area contributed by atoms with E-state index in [-0.39, 0.29) is 23.8 Å². The minimum absolute atomic E-state index is 0.0424. The molecule has 0 spiro atoms. The monoisotopic (exact) mass is 311 g/mol. The van der Waals surface area contributed by atoms with Gasteiger partial charge in [-0.3, -0.25) is 4.79 Å². The first kappa shape index (κ1) is 19.0. The lowest BCUT2D eigenvalue weighted by molar-refractivity contribution is -0.117. The van der Waals surface area contributed by atoms with Gasteiger partial charge in [0, 0.05) is 6.42 Å². The zero-order valence-electron chi connectivity index (χ0n) is 13.4. The van der Waals surface area contributed by atoms with Crippen molar-refractivity contribution in [2.45, 2.75) is 70.2 Å². The SMILES string of the molecule is C=NC(=O)CCC/C=C\C[C@H]1C(O)CC(O)[C@@H]1CCC(C)O. The normalized spacial score (nSPS) is 29.8. The summed E-state index contributed by atoms with van der Waals surface area (Å²) in [6.07, 6.45) is 7.16. The number of carbonyl (C=O) groups is 1. The first-order chi connectivity index (χ1) is 10.5. The third-order valence-electron chi connectivity index (χ3n) is 4.45. The van der Waals surface area contributed by atoms with E-state index in [1.54, 1.807) is 6.92 Å². The zero-order chi connectivity index (χ0) is 16.5. The van der Waals surface area contributed by atoms with Gasteiger partial charge < -0.3 is 15.3 Å². The molecular weight excluding hydrogens is 282 g/mol. The van der Waals surface area contributed by atoms with Crippen LogP contribution in [0.5, 0.6) is 0 Å². The predicted octanol–water partition coefficient (Wildman–Crippen LogP) is 1.85. The summed E-state index contributed by atoms with van der Waals surface area (Å²) >= 11 is 0. The summed E-state index contributed by atoms with van der Waals surface area (Å²) in [5.41, 5.74) is 0. The number of rotatable bonds is 9. The largest absolute Gasteiger partial charge is 0.393 e. The maximum atomic E-state index is 11.0. The highest BCUT2D eigenvalue weighted by Gasteiger charge is 2.40. The quantitative estimate of drug-likeness (QED) is 0.344. The number of aliphatic hydroxyl groups excluding tert-OH is 3. The Balaban J connectivity index is 2.37. The van der Waals surface area contributed by atoms with E-state index in [9.17, 15) is 20.1 Å². The summed E-state index contributed by atoms with van der Waals surface area (Å²) in [5.74, 6) is -0.0943. The van der Waals surface area contributed by atoms with Crippen LogP contribution in [-0.2, 0) is 4.79 Å². The number of hydrogen-bond donors (Lipinski definition) is 3. The molecule has 5 atom stereocenters. The molecule has 1 aliphatic carbocycles. The van der Waals surface area contributed by atoms with Crippen LogP contribution in [0.1, 0.15) is 51.9 Å². The Kier molecular flexibility index (Phi) is 8.53. The van der Waals surface area contributed by atoms with Crippen LogP contribution in [0, 0.1) is 11.8 Å². The first-order valence-electron chi connectivity index (χ1n) is 8.14. The van der Waals surface area contributed by atoms with Crippen LogP contribution in [0.3, 0.4) is 0 Å². The highest BCUT2D eigenvalue weighted by molar-refractivity contribution is 5.80. The van der Waals surface area contributed by atoms with Crippen molar-refractivity contribution in [2.24, 2.45) is 16.8 Å². The van der Waals surface area contributed by atoms with Gasteiger partial charge in [-0.05, 0) is 64.0 Å². The molecule has 0 aromatic heterocycles. The van der Waals surface area contributed by atoms with Crippen molar-refractivity contribution < 1.29 is 20.1 Å². The molecule has 0 aliphatic heterocycles. The van der Waals surface area contributed by atoms with Gasteiger partial charge in [0.15, 0.2) is 0 Å². The molecule has 0 saturated heterocycles. The van der Waals surface area contributed by atoms with E-state index in [4.69, 9.17) is 0 Å². The number of aliphatic imine (C=N–C) groups is 1. The van der Waals surface area contributed by atoms with E-state index in [1.807, 2.05) is 12.2 Å². The fourth-order valence-corrected chi connectivity index (χ4v) is 3.16. The highest BCUT2D eigenvalue weighted by Crippen LogP contribution is 2.38. The van der Waals surface area contributed by atoms with E-state index in [0.29, 0.717) is 19.3 Å². The summed E-state index contributed by atoms with van der Waals surface area (Å²) < 4.78 is 0. The van der Waals surface area contributed by atoms with Crippen LogP contribution in [0.4, 0.5) is 0 Å². The molecule has 1 aliphatic rings. The molecular formula is C17H29NO4. The molecule has 0 bridgehead atoms. The molecule has 5 heteroatoms. The van der Waals surface area contributed by atoms with Crippen LogP contribution in [0.2, 0.25) is 0 Å². The molecule has 0 radical (unpaired) electrons. The molecule has 0 heterocycles. The number of amides is 1. The molecule has 22 heavy (non-hydrogen) atoms. The fourth-order valence-electron chi connectivity index (χ4n) is 3.16. The number of nitrogens with zero attached hydrogens (tertiary/aromatic N) is 1. The number of hydrogen-bond acceptors (Lipinski definition) is 4. The highest BCUT2D eigenvalue weighted by atomic mass is 16.3. The number of unbranched alkanes of at least 4 members (excludes halogenated alkanes) is 1. The summed E-state index contributed by atoms with van der Waals surface area (Å²) in [6.45, 7) is 4.94. The topological polar surface area (TPSA) is 90.1 Å². The van der Waals surface area contributed by atoms with Gasteiger partial charge in [-0.15, -0.1) is 0 Å². The van der Waals surface area contributed by atoms with E-state index >= 15 is 0 Å². The van der Waals surface area contributed by atoms with Crippen LogP contribution in [-0.4, -0.2) is 46.3 Å². The second kappa shape index (κ2) is 9.87. The van der Waals surface area contributed by atoms with E-state index < -0.39 is 12.2 Å². The number of carbonyl (C=O) groups excluding carboxylic acids is 1. The summed E-state index contributed by atoms with van der Waals surface area (Å²) in [6, 6.07) is 0. The van der Waals surface area contributed by atoms with E-state index in [0.717, 1.165) is 25.7 Å². The molecule has 1 saturated carbocycles.